The molecule has 0 bridgehead atoms. The van der Waals surface area contributed by atoms with Crippen LogP contribution in [0.4, 0.5) is 0 Å². The number of aromatic nitrogens is 1. The molecule has 0 aromatic carbocycles. The molecule has 0 saturated carbocycles. The van der Waals surface area contributed by atoms with Crippen molar-refractivity contribution in [1.29, 1.82) is 0 Å². The van der Waals surface area contributed by atoms with E-state index in [9.17, 15) is 4.79 Å². The average Bonchev–Trinajstić information content (AvgIpc) is 2.45. The van der Waals surface area contributed by atoms with Crippen molar-refractivity contribution in [1.82, 2.24) is 10.3 Å². The number of rotatable bonds is 2. The summed E-state index contributed by atoms with van der Waals surface area (Å²) in [6.45, 7) is 2.99. The second-order valence-corrected chi connectivity index (χ2v) is 4.84. The zero-order chi connectivity index (χ0) is 14.4. The molecule has 1 aliphatic heterocycles. The molecule has 0 aliphatic carbocycles. The Morgan fingerprint density at radius 2 is 2.45 bits per heavy atom. The van der Waals surface area contributed by atoms with E-state index in [1.165, 1.54) is 0 Å². The van der Waals surface area contributed by atoms with Gasteiger partial charge in [0.1, 0.15) is 0 Å². The molecule has 2 rings (SSSR count). The normalized spacial score (nSPS) is 21.7. The molecular formula is C15H19N3O2. The van der Waals surface area contributed by atoms with Gasteiger partial charge in [0.05, 0.1) is 18.2 Å². The van der Waals surface area contributed by atoms with Crippen LogP contribution in [0.1, 0.15) is 35.7 Å². The van der Waals surface area contributed by atoms with Crippen molar-refractivity contribution in [3.8, 4) is 11.8 Å². The van der Waals surface area contributed by atoms with Crippen LogP contribution in [0.3, 0.4) is 0 Å². The van der Waals surface area contributed by atoms with Crippen LogP contribution in [0.5, 0.6) is 0 Å². The lowest BCUT2D eigenvalue weighted by Gasteiger charge is -2.27. The second kappa shape index (κ2) is 7.04. The Balaban J connectivity index is 2.01. The summed E-state index contributed by atoms with van der Waals surface area (Å²) in [5.74, 6) is 5.50. The number of nitrogens with one attached hydrogen (secondary N) is 1. The summed E-state index contributed by atoms with van der Waals surface area (Å²) in [6, 6.07) is 1.89. The number of pyridine rings is 1. The van der Waals surface area contributed by atoms with Gasteiger partial charge in [0.2, 0.25) is 0 Å². The fourth-order valence-corrected chi connectivity index (χ4v) is 2.18. The van der Waals surface area contributed by atoms with Crippen LogP contribution < -0.4 is 11.1 Å². The maximum absolute atomic E-state index is 12.2. The van der Waals surface area contributed by atoms with Crippen molar-refractivity contribution in [2.75, 3.05) is 13.2 Å². The quantitative estimate of drug-likeness (QED) is 0.777. The number of carbonyl (C=O) groups is 1. The van der Waals surface area contributed by atoms with Gasteiger partial charge in [-0.1, -0.05) is 11.8 Å². The van der Waals surface area contributed by atoms with Crippen LogP contribution in [0.2, 0.25) is 0 Å². The molecule has 2 atom stereocenters. The monoisotopic (exact) mass is 273 g/mol. The summed E-state index contributed by atoms with van der Waals surface area (Å²) in [5, 5.41) is 3.02. The summed E-state index contributed by atoms with van der Waals surface area (Å²) < 4.78 is 5.46. The van der Waals surface area contributed by atoms with Gasteiger partial charge in [0.25, 0.3) is 5.91 Å². The summed E-state index contributed by atoms with van der Waals surface area (Å²) in [5.41, 5.74) is 6.54. The Morgan fingerprint density at radius 1 is 1.60 bits per heavy atom. The van der Waals surface area contributed by atoms with E-state index >= 15 is 0 Å². The first kappa shape index (κ1) is 14.5. The number of nitrogens with two attached hydrogens (primary N) is 1. The van der Waals surface area contributed by atoms with E-state index in [1.54, 1.807) is 18.5 Å². The SMILES string of the molecule is CC1CC(NC(=O)c2cncc(C#CCN)c2)CCO1. The molecular weight excluding hydrogens is 254 g/mol. The fraction of sp³-hybridized carbons (Fsp3) is 0.467. The number of amides is 1. The average molecular weight is 273 g/mol. The Hall–Kier alpha value is -1.90. The molecule has 1 saturated heterocycles. The Bertz CT molecular complexity index is 533. The van der Waals surface area contributed by atoms with Crippen molar-refractivity contribution in [3.63, 3.8) is 0 Å². The molecule has 2 unspecified atom stereocenters. The van der Waals surface area contributed by atoms with E-state index < -0.39 is 0 Å². The number of ether oxygens (including phenoxy) is 1. The van der Waals surface area contributed by atoms with Crippen LogP contribution in [-0.4, -0.2) is 36.2 Å². The highest BCUT2D eigenvalue weighted by molar-refractivity contribution is 5.94. The summed E-state index contributed by atoms with van der Waals surface area (Å²) >= 11 is 0. The Labute approximate surface area is 118 Å². The number of carbonyl (C=O) groups excluding carboxylic acids is 1. The summed E-state index contributed by atoms with van der Waals surface area (Å²) in [6.07, 6.45) is 5.04. The van der Waals surface area contributed by atoms with Crippen LogP contribution in [-0.2, 0) is 4.74 Å². The molecule has 1 fully saturated rings. The Kier molecular flexibility index (Phi) is 5.10. The minimum atomic E-state index is -0.118. The second-order valence-electron chi connectivity index (χ2n) is 4.84. The summed E-state index contributed by atoms with van der Waals surface area (Å²) in [4.78, 5) is 16.2. The van der Waals surface area contributed by atoms with E-state index in [-0.39, 0.29) is 24.6 Å². The predicted molar refractivity (Wildman–Crippen MR) is 76.1 cm³/mol. The molecule has 5 heteroatoms. The van der Waals surface area contributed by atoms with Crippen molar-refractivity contribution >= 4 is 5.91 Å². The molecule has 20 heavy (non-hydrogen) atoms. The van der Waals surface area contributed by atoms with Gasteiger partial charge < -0.3 is 15.8 Å². The van der Waals surface area contributed by atoms with Crippen molar-refractivity contribution in [2.45, 2.75) is 31.9 Å². The molecule has 106 valence electrons. The van der Waals surface area contributed by atoms with E-state index in [0.717, 1.165) is 12.8 Å². The molecule has 5 nitrogen and oxygen atoms in total. The van der Waals surface area contributed by atoms with E-state index in [0.29, 0.717) is 17.7 Å². The number of hydrogen-bond donors (Lipinski definition) is 2. The first-order valence-electron chi connectivity index (χ1n) is 6.75. The smallest absolute Gasteiger partial charge is 0.253 e. The van der Waals surface area contributed by atoms with Gasteiger partial charge in [-0.25, -0.2) is 0 Å². The highest BCUT2D eigenvalue weighted by atomic mass is 16.5. The van der Waals surface area contributed by atoms with E-state index in [2.05, 4.69) is 22.1 Å². The maximum Gasteiger partial charge on any atom is 0.253 e. The maximum atomic E-state index is 12.2. The molecule has 0 radical (unpaired) electrons. The minimum Gasteiger partial charge on any atom is -0.378 e. The first-order chi connectivity index (χ1) is 9.69. The molecule has 0 spiro atoms. The summed E-state index contributed by atoms with van der Waals surface area (Å²) in [7, 11) is 0. The van der Waals surface area contributed by atoms with Crippen LogP contribution >= 0.6 is 0 Å². The molecule has 1 aliphatic rings. The minimum absolute atomic E-state index is 0.118. The topological polar surface area (TPSA) is 77.2 Å². The third-order valence-electron chi connectivity index (χ3n) is 3.16. The van der Waals surface area contributed by atoms with Crippen LogP contribution in [0.25, 0.3) is 0 Å². The molecule has 1 amide bonds. The van der Waals surface area contributed by atoms with Gasteiger partial charge in [-0.2, -0.15) is 0 Å². The lowest BCUT2D eigenvalue weighted by atomic mass is 10.0. The molecule has 1 aromatic heterocycles. The molecule has 3 N–H and O–H groups in total. The first-order valence-corrected chi connectivity index (χ1v) is 6.75. The number of hydrogen-bond acceptors (Lipinski definition) is 4. The lowest BCUT2D eigenvalue weighted by molar-refractivity contribution is 0.0136. The molecule has 2 heterocycles. The molecule has 1 aromatic rings. The number of nitrogens with zero attached hydrogens (tertiary/aromatic N) is 1. The Morgan fingerprint density at radius 3 is 3.20 bits per heavy atom. The predicted octanol–water partition coefficient (Wildman–Crippen LogP) is 0.689. The zero-order valence-corrected chi connectivity index (χ0v) is 11.6. The van der Waals surface area contributed by atoms with E-state index in [1.807, 2.05) is 6.92 Å². The highest BCUT2D eigenvalue weighted by Crippen LogP contribution is 2.14. The van der Waals surface area contributed by atoms with Gasteiger partial charge in [0, 0.05) is 30.6 Å². The van der Waals surface area contributed by atoms with Gasteiger partial charge in [-0.05, 0) is 25.8 Å². The third kappa shape index (κ3) is 4.05. The van der Waals surface area contributed by atoms with Crippen molar-refractivity contribution < 1.29 is 9.53 Å². The van der Waals surface area contributed by atoms with Gasteiger partial charge in [-0.3, -0.25) is 9.78 Å². The fourth-order valence-electron chi connectivity index (χ4n) is 2.18. The lowest BCUT2D eigenvalue weighted by Crippen LogP contribution is -2.41. The van der Waals surface area contributed by atoms with Crippen molar-refractivity contribution in [3.05, 3.63) is 29.6 Å². The van der Waals surface area contributed by atoms with Gasteiger partial charge >= 0.3 is 0 Å². The highest BCUT2D eigenvalue weighted by Gasteiger charge is 2.21. The van der Waals surface area contributed by atoms with Gasteiger partial charge in [-0.15, -0.1) is 0 Å². The third-order valence-corrected chi connectivity index (χ3v) is 3.16. The largest absolute Gasteiger partial charge is 0.378 e. The van der Waals surface area contributed by atoms with Crippen molar-refractivity contribution in [2.24, 2.45) is 5.73 Å². The van der Waals surface area contributed by atoms with Gasteiger partial charge in [0.15, 0.2) is 0 Å². The van der Waals surface area contributed by atoms with Crippen LogP contribution in [0, 0.1) is 11.8 Å². The van der Waals surface area contributed by atoms with E-state index in [4.69, 9.17) is 10.5 Å². The zero-order valence-electron chi connectivity index (χ0n) is 11.6. The standard InChI is InChI=1S/C15H19N3O2/c1-11-7-14(4-6-20-11)18-15(19)13-8-12(3-2-5-16)9-17-10-13/h8-11,14H,4-7,16H2,1H3,(H,18,19). The van der Waals surface area contributed by atoms with Crippen LogP contribution in [0.15, 0.2) is 18.5 Å².